The molecule has 52 heavy (non-hydrogen) atoms. The van der Waals surface area contributed by atoms with E-state index in [1.807, 2.05) is 48.6 Å². The third-order valence-corrected chi connectivity index (χ3v) is 10.9. The van der Waals surface area contributed by atoms with Gasteiger partial charge in [-0.1, -0.05) is 79.4 Å². The van der Waals surface area contributed by atoms with Crippen molar-refractivity contribution in [1.82, 2.24) is 4.57 Å². The number of fused-ring (bicyclic) bond motifs is 4. The lowest BCUT2D eigenvalue weighted by atomic mass is 9.86. The Morgan fingerprint density at radius 3 is 2.48 bits per heavy atom. The minimum Gasteiger partial charge on any atom is -0.333 e. The second kappa shape index (κ2) is 13.6. The van der Waals surface area contributed by atoms with Gasteiger partial charge in [0.25, 0.3) is 0 Å². The number of aromatic nitrogens is 1. The van der Waals surface area contributed by atoms with Gasteiger partial charge < -0.3 is 9.47 Å². The Bertz CT molecular complexity index is 2450. The molecule has 3 aliphatic carbocycles. The molecule has 250 valence electrons. The van der Waals surface area contributed by atoms with Gasteiger partial charge in [0.1, 0.15) is 6.07 Å². The van der Waals surface area contributed by atoms with E-state index in [4.69, 9.17) is 0 Å². The highest BCUT2D eigenvalue weighted by atomic mass is 15.2. The molecule has 2 atom stereocenters. The van der Waals surface area contributed by atoms with Crippen LogP contribution in [0.5, 0.6) is 0 Å². The van der Waals surface area contributed by atoms with Gasteiger partial charge in [0.15, 0.2) is 0 Å². The quantitative estimate of drug-likeness (QED) is 0.151. The zero-order valence-corrected chi connectivity index (χ0v) is 29.2. The zero-order chi connectivity index (χ0) is 35.8. The van der Waals surface area contributed by atoms with Gasteiger partial charge in [0.2, 0.25) is 0 Å². The van der Waals surface area contributed by atoms with Crippen molar-refractivity contribution >= 4 is 23.9 Å². The van der Waals surface area contributed by atoms with Gasteiger partial charge >= 0.3 is 0 Å². The first kappa shape index (κ1) is 32.6. The molecule has 0 spiro atoms. The highest BCUT2D eigenvalue weighted by Gasteiger charge is 2.39. The summed E-state index contributed by atoms with van der Waals surface area (Å²) >= 11 is 0. The standard InChI is InChI=1S/C47H37N5/c1-3-4-16-43-31(2)36-12-5-7-17-44(36)52(43)47-25-20-33(29-49)27-40(47)38-15-10-14-37(42(38)30-50)34-21-23-35(24-22-34)51-45-18-8-6-13-39(45)41-26-32(28-48)11-9-19-46(41)51/h3-4,6-7,9-10,13-17,19-27,36,44H,1,5,8,11-12,18H2,2H3/b16-4-. The lowest BCUT2D eigenvalue weighted by Gasteiger charge is -2.33. The molecule has 2 heterocycles. The fourth-order valence-corrected chi connectivity index (χ4v) is 8.47. The molecular weight excluding hydrogens is 635 g/mol. The Hall–Kier alpha value is -6.61. The van der Waals surface area contributed by atoms with E-state index in [9.17, 15) is 15.8 Å². The molecule has 8 rings (SSSR count). The van der Waals surface area contributed by atoms with Crippen LogP contribution < -0.4 is 4.90 Å². The van der Waals surface area contributed by atoms with Crippen molar-refractivity contribution in [2.45, 2.75) is 45.1 Å². The minimum absolute atomic E-state index is 0.146. The van der Waals surface area contributed by atoms with Gasteiger partial charge in [0.05, 0.1) is 35.0 Å². The smallest absolute Gasteiger partial charge is 0.100 e. The molecule has 5 nitrogen and oxygen atoms in total. The van der Waals surface area contributed by atoms with E-state index >= 15 is 0 Å². The van der Waals surface area contributed by atoms with E-state index in [1.165, 1.54) is 16.8 Å². The van der Waals surface area contributed by atoms with Crippen LogP contribution in [0.25, 0.3) is 46.2 Å². The van der Waals surface area contributed by atoms with Crippen molar-refractivity contribution in [3.8, 4) is 46.1 Å². The summed E-state index contributed by atoms with van der Waals surface area (Å²) in [5.41, 5.74) is 14.4. The van der Waals surface area contributed by atoms with Crippen molar-refractivity contribution in [2.24, 2.45) is 5.92 Å². The van der Waals surface area contributed by atoms with Crippen LogP contribution in [0.1, 0.15) is 66.2 Å². The normalized spacial score (nSPS) is 18.6. The maximum absolute atomic E-state index is 10.8. The van der Waals surface area contributed by atoms with Gasteiger partial charge in [-0.25, -0.2) is 0 Å². The number of nitrogens with zero attached hydrogens (tertiary/aromatic N) is 5. The lowest BCUT2D eigenvalue weighted by Crippen LogP contribution is -2.34. The van der Waals surface area contributed by atoms with E-state index in [-0.39, 0.29) is 6.04 Å². The first-order chi connectivity index (χ1) is 25.6. The number of rotatable bonds is 6. The van der Waals surface area contributed by atoms with Crippen molar-refractivity contribution in [3.05, 3.63) is 160 Å². The molecule has 3 aromatic carbocycles. The molecule has 0 N–H and O–H groups in total. The summed E-state index contributed by atoms with van der Waals surface area (Å²) < 4.78 is 2.32. The molecule has 2 unspecified atom stereocenters. The molecule has 1 aromatic heterocycles. The molecule has 0 bridgehead atoms. The summed E-state index contributed by atoms with van der Waals surface area (Å²) in [6.45, 7) is 6.14. The van der Waals surface area contributed by atoms with E-state index < -0.39 is 0 Å². The topological polar surface area (TPSA) is 79.5 Å². The average Bonchev–Trinajstić information content (AvgIpc) is 3.55. The maximum atomic E-state index is 10.8. The van der Waals surface area contributed by atoms with Crippen molar-refractivity contribution in [3.63, 3.8) is 0 Å². The van der Waals surface area contributed by atoms with Crippen molar-refractivity contribution in [1.29, 1.82) is 15.8 Å². The molecule has 5 heteroatoms. The molecule has 0 saturated heterocycles. The molecule has 4 aliphatic rings. The summed E-state index contributed by atoms with van der Waals surface area (Å²) in [6.07, 6.45) is 25.8. The Balaban J connectivity index is 1.24. The molecule has 0 saturated carbocycles. The van der Waals surface area contributed by atoms with E-state index in [1.54, 1.807) is 6.08 Å². The van der Waals surface area contributed by atoms with Crippen LogP contribution in [0.2, 0.25) is 0 Å². The summed E-state index contributed by atoms with van der Waals surface area (Å²) in [5, 5.41) is 30.6. The van der Waals surface area contributed by atoms with Gasteiger partial charge in [-0.2, -0.15) is 15.8 Å². The van der Waals surface area contributed by atoms with Crippen LogP contribution >= 0.6 is 0 Å². The number of nitriles is 3. The number of benzene rings is 3. The second-order valence-corrected chi connectivity index (χ2v) is 13.7. The highest BCUT2D eigenvalue weighted by Crippen LogP contribution is 2.47. The van der Waals surface area contributed by atoms with Crippen LogP contribution in [0, 0.1) is 39.9 Å². The van der Waals surface area contributed by atoms with Gasteiger partial charge in [-0.05, 0) is 92.3 Å². The molecule has 0 fully saturated rings. The maximum Gasteiger partial charge on any atom is 0.100 e. The zero-order valence-electron chi connectivity index (χ0n) is 29.2. The Morgan fingerprint density at radius 1 is 0.846 bits per heavy atom. The summed E-state index contributed by atoms with van der Waals surface area (Å²) in [5.74, 6) is 0.384. The van der Waals surface area contributed by atoms with Crippen LogP contribution in [0.4, 0.5) is 5.69 Å². The lowest BCUT2D eigenvalue weighted by molar-refractivity contribution is 0.512. The number of anilines is 1. The molecule has 0 amide bonds. The van der Waals surface area contributed by atoms with Crippen LogP contribution in [0.15, 0.2) is 127 Å². The minimum atomic E-state index is 0.146. The molecular formula is C47H37N5. The fourth-order valence-electron chi connectivity index (χ4n) is 8.47. The Kier molecular flexibility index (Phi) is 8.52. The predicted molar refractivity (Wildman–Crippen MR) is 211 cm³/mol. The molecule has 4 aromatic rings. The van der Waals surface area contributed by atoms with Crippen LogP contribution in [-0.4, -0.2) is 10.6 Å². The summed E-state index contributed by atoms with van der Waals surface area (Å²) in [6, 6.07) is 27.7. The highest BCUT2D eigenvalue weighted by molar-refractivity contribution is 5.90. The SMILES string of the molecule is C=C/C=C\C1=C(C)C2CCC=CC2N1c1ccc(C#N)cc1-c1cccc(-c2ccc(-n3c4c(c5c3CCC=C5)C=C(C#N)CC=C4)cc2)c1C#N. The third-order valence-electron chi connectivity index (χ3n) is 10.9. The summed E-state index contributed by atoms with van der Waals surface area (Å²) in [7, 11) is 0. The van der Waals surface area contributed by atoms with Crippen molar-refractivity contribution in [2.75, 3.05) is 4.90 Å². The first-order valence-electron chi connectivity index (χ1n) is 17.9. The van der Waals surface area contributed by atoms with Crippen LogP contribution in [-0.2, 0) is 6.42 Å². The first-order valence-corrected chi connectivity index (χ1v) is 17.9. The number of hydrogen-bond acceptors (Lipinski definition) is 4. The average molecular weight is 672 g/mol. The van der Waals surface area contributed by atoms with E-state index in [0.717, 1.165) is 81.8 Å². The second-order valence-electron chi connectivity index (χ2n) is 13.7. The monoisotopic (exact) mass is 671 g/mol. The molecule has 0 radical (unpaired) electrons. The summed E-state index contributed by atoms with van der Waals surface area (Å²) in [4.78, 5) is 2.38. The van der Waals surface area contributed by atoms with Gasteiger partial charge in [-0.15, -0.1) is 0 Å². The van der Waals surface area contributed by atoms with Crippen molar-refractivity contribution < 1.29 is 0 Å². The van der Waals surface area contributed by atoms with Gasteiger partial charge in [-0.3, -0.25) is 0 Å². The van der Waals surface area contributed by atoms with Gasteiger partial charge in [0, 0.05) is 68.5 Å². The number of allylic oxidation sites excluding steroid dienone is 7. The van der Waals surface area contributed by atoms with E-state index in [0.29, 0.717) is 23.5 Å². The predicted octanol–water partition coefficient (Wildman–Crippen LogP) is 11.0. The third kappa shape index (κ3) is 5.38. The molecule has 1 aliphatic heterocycles. The fraction of sp³-hybridized carbons (Fsp3) is 0.170. The number of hydrogen-bond donors (Lipinski definition) is 0. The largest absolute Gasteiger partial charge is 0.333 e. The van der Waals surface area contributed by atoms with Crippen LogP contribution in [0.3, 0.4) is 0 Å². The Labute approximate surface area is 305 Å². The van der Waals surface area contributed by atoms with E-state index in [2.05, 4.69) is 108 Å². The Morgan fingerprint density at radius 2 is 1.69 bits per heavy atom.